The van der Waals surface area contributed by atoms with E-state index >= 15 is 0 Å². The van der Waals surface area contributed by atoms with Gasteiger partial charge in [0.2, 0.25) is 0 Å². The second-order valence-corrected chi connectivity index (χ2v) is 15.2. The number of fused-ring (bicyclic) bond motifs is 5. The van der Waals surface area contributed by atoms with E-state index < -0.39 is 51.3 Å². The molecule has 5 unspecified atom stereocenters. The Balaban J connectivity index is 1.04. The fraction of sp³-hybridized carbons (Fsp3) is 0.733. The van der Waals surface area contributed by atoms with Crippen molar-refractivity contribution in [3.05, 3.63) is 34.4 Å². The van der Waals surface area contributed by atoms with Crippen molar-refractivity contribution >= 4 is 25.2 Å². The summed E-state index contributed by atoms with van der Waals surface area (Å²) in [4.78, 5) is 51.6. The third-order valence-corrected chi connectivity index (χ3v) is 12.5. The fourth-order valence-corrected chi connectivity index (χ4v) is 9.96. The molecule has 5 aliphatic rings. The number of Topliss-reactive ketones (excluding diaryl/α,β-unsaturated/α-hetero) is 1. The molecule has 1 saturated heterocycles. The van der Waals surface area contributed by atoms with Gasteiger partial charge in [-0.05, 0) is 85.7 Å². The predicted octanol–water partition coefficient (Wildman–Crippen LogP) is 2.30. The standard InChI is InChI=1S/C30H42N3O10P/c1-29-10-7-17(34)13-16(29)3-4-18-19-5-6-21(30(19,2)11-8-20(18)29)22(35)14-41-44(39,40)42-15-23-25(36)26(37)27(43-23)33-12-9-24(31)32-28(33)38/h9,12-13,18-21,23,25-27,36-37H,3-8,10-11,14-15H2,1-2H3,(H,39,40)(H2,31,32,38)/t18-,19-,20-,21+,23?,25?,26?,27?,29-,30-/m0/s1. The molecule has 4 aliphatic carbocycles. The number of allylic oxidation sites excluding steroid dienone is 1. The van der Waals surface area contributed by atoms with Gasteiger partial charge in [0.25, 0.3) is 0 Å². The maximum Gasteiger partial charge on any atom is 0.472 e. The second kappa shape index (κ2) is 11.5. The highest BCUT2D eigenvalue weighted by atomic mass is 31.2. The predicted molar refractivity (Wildman–Crippen MR) is 156 cm³/mol. The fourth-order valence-electron chi connectivity index (χ4n) is 9.26. The van der Waals surface area contributed by atoms with E-state index in [2.05, 4.69) is 18.8 Å². The number of hydrogen-bond donors (Lipinski definition) is 4. The van der Waals surface area contributed by atoms with Crippen LogP contribution in [0.15, 0.2) is 28.7 Å². The molecule has 44 heavy (non-hydrogen) atoms. The molecule has 0 bridgehead atoms. The monoisotopic (exact) mass is 635 g/mol. The Hall–Kier alpha value is -2.25. The number of ether oxygens (including phenoxy) is 1. The number of nitrogen functional groups attached to an aromatic ring is 1. The van der Waals surface area contributed by atoms with Crippen LogP contribution in [0, 0.1) is 34.5 Å². The number of rotatable bonds is 8. The summed E-state index contributed by atoms with van der Waals surface area (Å²) in [5.74, 6) is 1.01. The van der Waals surface area contributed by atoms with E-state index in [0.29, 0.717) is 30.6 Å². The van der Waals surface area contributed by atoms with Crippen LogP contribution in [0.3, 0.4) is 0 Å². The van der Waals surface area contributed by atoms with Gasteiger partial charge < -0.3 is 25.6 Å². The lowest BCUT2D eigenvalue weighted by Gasteiger charge is -2.58. The number of hydrogen-bond acceptors (Lipinski definition) is 11. The minimum absolute atomic E-state index is 0.0283. The van der Waals surface area contributed by atoms with Crippen LogP contribution in [-0.4, -0.2) is 67.7 Å². The van der Waals surface area contributed by atoms with Crippen LogP contribution in [0.2, 0.25) is 0 Å². The second-order valence-electron chi connectivity index (χ2n) is 13.7. The number of nitrogens with zero attached hydrogens (tertiary/aromatic N) is 2. The number of aliphatic hydroxyl groups excluding tert-OH is 2. The topological polar surface area (TPSA) is 200 Å². The first kappa shape index (κ1) is 31.7. The van der Waals surface area contributed by atoms with E-state index in [1.165, 1.54) is 17.8 Å². The highest BCUT2D eigenvalue weighted by Crippen LogP contribution is 2.66. The van der Waals surface area contributed by atoms with Crippen molar-refractivity contribution in [1.29, 1.82) is 0 Å². The van der Waals surface area contributed by atoms with Crippen LogP contribution in [0.25, 0.3) is 0 Å². The van der Waals surface area contributed by atoms with Crippen LogP contribution in [0.4, 0.5) is 5.82 Å². The van der Waals surface area contributed by atoms with E-state index in [1.807, 2.05) is 6.08 Å². The van der Waals surface area contributed by atoms with Crippen LogP contribution in [0.5, 0.6) is 0 Å². The van der Waals surface area contributed by atoms with Crippen molar-refractivity contribution in [2.75, 3.05) is 18.9 Å². The summed E-state index contributed by atoms with van der Waals surface area (Å²) >= 11 is 0. The van der Waals surface area contributed by atoms with Gasteiger partial charge in [0.1, 0.15) is 30.7 Å². The third-order valence-electron chi connectivity index (χ3n) is 11.6. The zero-order chi connectivity index (χ0) is 31.6. The first-order valence-corrected chi connectivity index (χ1v) is 17.0. The first-order chi connectivity index (χ1) is 20.7. The average molecular weight is 636 g/mol. The number of phosphoric ester groups is 1. The lowest BCUT2D eigenvalue weighted by molar-refractivity contribution is -0.133. The lowest BCUT2D eigenvalue weighted by atomic mass is 9.46. The van der Waals surface area contributed by atoms with Gasteiger partial charge in [-0.1, -0.05) is 19.4 Å². The maximum absolute atomic E-state index is 13.4. The molecule has 0 radical (unpaired) electrons. The molecule has 242 valence electrons. The van der Waals surface area contributed by atoms with E-state index in [1.54, 1.807) is 0 Å². The van der Waals surface area contributed by atoms with Gasteiger partial charge in [0, 0.05) is 18.5 Å². The molecule has 0 amide bonds. The lowest BCUT2D eigenvalue weighted by Crippen LogP contribution is -2.51. The van der Waals surface area contributed by atoms with Crippen molar-refractivity contribution < 1.29 is 43.0 Å². The smallest absolute Gasteiger partial charge is 0.387 e. The minimum atomic E-state index is -4.73. The Morgan fingerprint density at radius 2 is 1.89 bits per heavy atom. The molecule has 0 aromatic carbocycles. The van der Waals surface area contributed by atoms with Crippen molar-refractivity contribution in [3.8, 4) is 0 Å². The zero-order valence-corrected chi connectivity index (χ0v) is 25.9. The van der Waals surface area contributed by atoms with E-state index in [9.17, 15) is 34.1 Å². The summed E-state index contributed by atoms with van der Waals surface area (Å²) in [5, 5.41) is 20.8. The molecule has 4 fully saturated rings. The van der Waals surface area contributed by atoms with Gasteiger partial charge in [0.15, 0.2) is 17.8 Å². The van der Waals surface area contributed by atoms with Crippen LogP contribution < -0.4 is 11.4 Å². The Kier molecular flexibility index (Phi) is 8.31. The van der Waals surface area contributed by atoms with Crippen LogP contribution in [0.1, 0.15) is 71.4 Å². The number of aromatic nitrogens is 2. The number of anilines is 1. The van der Waals surface area contributed by atoms with Crippen molar-refractivity contribution in [1.82, 2.24) is 9.55 Å². The number of phosphoric acid groups is 1. The normalized spacial score (nSPS) is 41.3. The highest BCUT2D eigenvalue weighted by Gasteiger charge is 2.60. The molecule has 5 N–H and O–H groups in total. The summed E-state index contributed by atoms with van der Waals surface area (Å²) in [6.07, 6.45) is 4.38. The largest absolute Gasteiger partial charge is 0.472 e. The van der Waals surface area contributed by atoms with Crippen LogP contribution >= 0.6 is 7.82 Å². The molecule has 6 rings (SSSR count). The number of ketones is 2. The molecule has 2 heterocycles. The maximum atomic E-state index is 13.4. The Bertz CT molecular complexity index is 1460. The third kappa shape index (κ3) is 5.44. The summed E-state index contributed by atoms with van der Waals surface area (Å²) in [6.45, 7) is 3.27. The van der Waals surface area contributed by atoms with Crippen molar-refractivity contribution in [2.24, 2.45) is 34.5 Å². The van der Waals surface area contributed by atoms with Crippen molar-refractivity contribution in [3.63, 3.8) is 0 Å². The summed E-state index contributed by atoms with van der Waals surface area (Å²) < 4.78 is 29.4. The minimum Gasteiger partial charge on any atom is -0.387 e. The van der Waals surface area contributed by atoms with Gasteiger partial charge in [-0.25, -0.2) is 9.36 Å². The molecule has 11 atom stereocenters. The molecule has 1 aromatic heterocycles. The van der Waals surface area contributed by atoms with E-state index in [-0.39, 0.29) is 34.1 Å². The summed E-state index contributed by atoms with van der Waals surface area (Å²) in [6, 6.07) is 1.32. The van der Waals surface area contributed by atoms with Gasteiger partial charge in [-0.15, -0.1) is 0 Å². The van der Waals surface area contributed by atoms with Gasteiger partial charge in [-0.3, -0.25) is 23.2 Å². The molecule has 0 spiro atoms. The molecule has 1 aromatic rings. The molecule has 14 heteroatoms. The van der Waals surface area contributed by atoms with E-state index in [4.69, 9.17) is 19.5 Å². The first-order valence-electron chi connectivity index (χ1n) is 15.5. The summed E-state index contributed by atoms with van der Waals surface area (Å²) in [5.41, 5.74) is 5.79. The molecular weight excluding hydrogens is 593 g/mol. The summed E-state index contributed by atoms with van der Waals surface area (Å²) in [7, 11) is -4.73. The number of aliphatic hydroxyl groups is 2. The highest BCUT2D eigenvalue weighted by molar-refractivity contribution is 7.47. The average Bonchev–Trinajstić information content (AvgIpc) is 3.47. The van der Waals surface area contributed by atoms with Gasteiger partial charge >= 0.3 is 13.5 Å². The van der Waals surface area contributed by atoms with Gasteiger partial charge in [0.05, 0.1) is 6.61 Å². The Morgan fingerprint density at radius 1 is 1.11 bits per heavy atom. The molecular formula is C30H42N3O10P. The number of carbonyl (C=O) groups excluding carboxylic acids is 2. The molecule has 1 aliphatic heterocycles. The molecule has 3 saturated carbocycles. The van der Waals surface area contributed by atoms with Crippen molar-refractivity contribution in [2.45, 2.75) is 89.8 Å². The van der Waals surface area contributed by atoms with Crippen LogP contribution in [-0.2, 0) is 27.9 Å². The van der Waals surface area contributed by atoms with Gasteiger partial charge in [-0.2, -0.15) is 4.98 Å². The van der Waals surface area contributed by atoms with E-state index in [0.717, 1.165) is 43.1 Å². The number of carbonyl (C=O) groups is 2. The molecule has 13 nitrogen and oxygen atoms in total. The SMILES string of the molecule is C[C@]12CC[C@H]3[C@@H](CCC4=CC(=O)CC[C@@]43C)[C@@H]1CC[C@@H]2C(=O)COP(=O)(O)OCC1OC(n2ccc(N)nc2=O)C(O)C1O. The Morgan fingerprint density at radius 3 is 2.64 bits per heavy atom. The zero-order valence-electron chi connectivity index (χ0n) is 25.0. The number of nitrogens with two attached hydrogens (primary N) is 1. The quantitative estimate of drug-likeness (QED) is 0.304. The Labute approximate surface area is 255 Å².